The molecule has 4 rings (SSSR count). The third-order valence-electron chi connectivity index (χ3n) is 4.92. The van der Waals surface area contributed by atoms with Crippen molar-refractivity contribution in [1.29, 1.82) is 10.5 Å². The van der Waals surface area contributed by atoms with Gasteiger partial charge in [0.25, 0.3) is 0 Å². The summed E-state index contributed by atoms with van der Waals surface area (Å²) in [7, 11) is 0. The van der Waals surface area contributed by atoms with Gasteiger partial charge in [0.05, 0.1) is 50.7 Å². The predicted molar refractivity (Wildman–Crippen MR) is 92.6 cm³/mol. The fourth-order valence-electron chi connectivity index (χ4n) is 3.63. The van der Waals surface area contributed by atoms with Crippen LogP contribution in [0.25, 0.3) is 0 Å². The monoisotopic (exact) mass is 384 g/mol. The van der Waals surface area contributed by atoms with Crippen LogP contribution in [0.1, 0.15) is 36.6 Å². The van der Waals surface area contributed by atoms with E-state index < -0.39 is 12.2 Å². The molecule has 8 heteroatoms. The van der Waals surface area contributed by atoms with Crippen LogP contribution >= 0.6 is 0 Å². The van der Waals surface area contributed by atoms with Gasteiger partial charge in [0.1, 0.15) is 48.1 Å². The van der Waals surface area contributed by atoms with Gasteiger partial charge in [-0.3, -0.25) is 0 Å². The first kappa shape index (κ1) is 18.7. The number of nitrogens with zero attached hydrogens (tertiary/aromatic N) is 2. The van der Waals surface area contributed by atoms with Gasteiger partial charge >= 0.3 is 0 Å². The fraction of sp³-hybridized carbons (Fsp3) is 0.500. The van der Waals surface area contributed by atoms with Gasteiger partial charge in [0.2, 0.25) is 0 Å². The SMILES string of the molecule is N#CCC(O[C@H]1COC2C1OC[C@H]2OC(CC#N)c1ccco1)c1ccco1. The van der Waals surface area contributed by atoms with Crippen molar-refractivity contribution in [3.8, 4) is 12.1 Å². The van der Waals surface area contributed by atoms with Crippen LogP contribution in [0.2, 0.25) is 0 Å². The molecule has 2 saturated heterocycles. The Morgan fingerprint density at radius 3 is 1.68 bits per heavy atom. The molecule has 0 bridgehead atoms. The van der Waals surface area contributed by atoms with E-state index in [0.717, 1.165) is 0 Å². The van der Waals surface area contributed by atoms with E-state index in [9.17, 15) is 0 Å². The minimum Gasteiger partial charge on any atom is -0.467 e. The first-order valence-corrected chi connectivity index (χ1v) is 9.15. The van der Waals surface area contributed by atoms with E-state index in [2.05, 4.69) is 12.1 Å². The van der Waals surface area contributed by atoms with Gasteiger partial charge in [-0.2, -0.15) is 10.5 Å². The quantitative estimate of drug-likeness (QED) is 0.683. The van der Waals surface area contributed by atoms with E-state index in [1.54, 1.807) is 36.8 Å². The highest BCUT2D eigenvalue weighted by molar-refractivity contribution is 5.07. The molecule has 8 nitrogen and oxygen atoms in total. The zero-order chi connectivity index (χ0) is 19.3. The van der Waals surface area contributed by atoms with Gasteiger partial charge in [0, 0.05) is 0 Å². The molecule has 2 aliphatic rings. The zero-order valence-corrected chi connectivity index (χ0v) is 15.1. The third-order valence-corrected chi connectivity index (χ3v) is 4.92. The Balaban J connectivity index is 1.40. The van der Waals surface area contributed by atoms with E-state index in [4.69, 9.17) is 38.3 Å². The molecule has 2 aliphatic heterocycles. The highest BCUT2D eigenvalue weighted by Crippen LogP contribution is 2.36. The van der Waals surface area contributed by atoms with Crippen molar-refractivity contribution >= 4 is 0 Å². The Bertz CT molecular complexity index is 752. The molecule has 146 valence electrons. The van der Waals surface area contributed by atoms with Gasteiger partial charge < -0.3 is 27.8 Å². The number of hydrogen-bond donors (Lipinski definition) is 0. The second-order valence-corrected chi connectivity index (χ2v) is 6.68. The summed E-state index contributed by atoms with van der Waals surface area (Å²) in [6, 6.07) is 11.3. The van der Waals surface area contributed by atoms with Gasteiger partial charge in [0.15, 0.2) is 0 Å². The lowest BCUT2D eigenvalue weighted by Crippen LogP contribution is -2.35. The number of ether oxygens (including phenoxy) is 4. The smallest absolute Gasteiger partial charge is 0.133 e. The summed E-state index contributed by atoms with van der Waals surface area (Å²) in [5, 5.41) is 18.2. The van der Waals surface area contributed by atoms with Crippen molar-refractivity contribution < 1.29 is 27.8 Å². The molecule has 0 spiro atoms. The first-order chi connectivity index (χ1) is 13.8. The summed E-state index contributed by atoms with van der Waals surface area (Å²) in [6.45, 7) is 0.670. The number of fused-ring (bicyclic) bond motifs is 1. The van der Waals surface area contributed by atoms with Gasteiger partial charge in [-0.15, -0.1) is 0 Å². The number of nitriles is 2. The molecule has 0 aliphatic carbocycles. The van der Waals surface area contributed by atoms with Gasteiger partial charge in [-0.1, -0.05) is 0 Å². The minimum absolute atomic E-state index is 0.171. The molecule has 2 aromatic heterocycles. The second kappa shape index (κ2) is 8.59. The Labute approximate surface area is 162 Å². The summed E-state index contributed by atoms with van der Waals surface area (Å²) in [6.07, 6.45) is 1.21. The van der Waals surface area contributed by atoms with E-state index >= 15 is 0 Å². The highest BCUT2D eigenvalue weighted by atomic mass is 16.6. The van der Waals surface area contributed by atoms with Gasteiger partial charge in [-0.05, 0) is 24.3 Å². The largest absolute Gasteiger partial charge is 0.467 e. The number of rotatable bonds is 8. The van der Waals surface area contributed by atoms with E-state index in [-0.39, 0.29) is 37.3 Å². The van der Waals surface area contributed by atoms with Crippen molar-refractivity contribution in [2.75, 3.05) is 13.2 Å². The average Bonchev–Trinajstić information content (AvgIpc) is 3.48. The van der Waals surface area contributed by atoms with E-state index in [0.29, 0.717) is 24.7 Å². The molecule has 2 fully saturated rings. The van der Waals surface area contributed by atoms with Crippen molar-refractivity contribution in [1.82, 2.24) is 0 Å². The van der Waals surface area contributed by atoms with Gasteiger partial charge in [-0.25, -0.2) is 0 Å². The maximum absolute atomic E-state index is 9.09. The first-order valence-electron chi connectivity index (χ1n) is 9.15. The van der Waals surface area contributed by atoms with E-state index in [1.165, 1.54) is 0 Å². The Morgan fingerprint density at radius 2 is 1.32 bits per heavy atom. The molecular formula is C20H20N2O6. The van der Waals surface area contributed by atoms with Crippen molar-refractivity contribution in [2.24, 2.45) is 0 Å². The number of furan rings is 2. The Morgan fingerprint density at radius 1 is 0.857 bits per heavy atom. The third kappa shape index (κ3) is 3.82. The standard InChI is InChI=1S/C20H20N2O6/c21-7-5-15(13-3-1-9-23-13)27-17-11-25-20-18(12-26-19(17)20)28-16(6-8-22)14-4-2-10-24-14/h1-4,9-10,15-20H,5-6,11-12H2/t15?,16?,17-,18+,19?,20?. The normalized spacial score (nSPS) is 28.4. The molecule has 4 heterocycles. The van der Waals surface area contributed by atoms with Crippen LogP contribution in [0, 0.1) is 22.7 Å². The molecule has 0 amide bonds. The van der Waals surface area contributed by atoms with Crippen molar-refractivity contribution in [2.45, 2.75) is 49.5 Å². The maximum Gasteiger partial charge on any atom is 0.133 e. The summed E-state index contributed by atoms with van der Waals surface area (Å²) in [4.78, 5) is 0. The topological polar surface area (TPSA) is 111 Å². The lowest BCUT2D eigenvalue weighted by atomic mass is 10.1. The van der Waals surface area contributed by atoms with Crippen molar-refractivity contribution in [3.05, 3.63) is 48.3 Å². The Kier molecular flexibility index (Phi) is 5.75. The summed E-state index contributed by atoms with van der Waals surface area (Å²) >= 11 is 0. The predicted octanol–water partition coefficient (Wildman–Crippen LogP) is 3.05. The molecule has 0 aromatic carbocycles. The summed E-state index contributed by atoms with van der Waals surface area (Å²) < 4.78 is 34.7. The minimum atomic E-state index is -0.481. The molecule has 0 radical (unpaired) electrons. The highest BCUT2D eigenvalue weighted by Gasteiger charge is 2.50. The second-order valence-electron chi connectivity index (χ2n) is 6.68. The molecule has 28 heavy (non-hydrogen) atoms. The van der Waals surface area contributed by atoms with Crippen LogP contribution in [-0.4, -0.2) is 37.6 Å². The van der Waals surface area contributed by atoms with Crippen LogP contribution in [0.4, 0.5) is 0 Å². The summed E-state index contributed by atoms with van der Waals surface area (Å²) in [5.41, 5.74) is 0. The molecule has 0 N–H and O–H groups in total. The fourth-order valence-corrected chi connectivity index (χ4v) is 3.63. The molecule has 4 unspecified atom stereocenters. The van der Waals surface area contributed by atoms with E-state index in [1.807, 2.05) is 0 Å². The lowest BCUT2D eigenvalue weighted by molar-refractivity contribution is -0.0923. The van der Waals surface area contributed by atoms with Crippen LogP contribution in [-0.2, 0) is 18.9 Å². The van der Waals surface area contributed by atoms with Crippen LogP contribution < -0.4 is 0 Å². The molecule has 6 atom stereocenters. The molecule has 0 saturated carbocycles. The van der Waals surface area contributed by atoms with Crippen LogP contribution in [0.5, 0.6) is 0 Å². The molecular weight excluding hydrogens is 364 g/mol. The van der Waals surface area contributed by atoms with Crippen LogP contribution in [0.3, 0.4) is 0 Å². The Hall–Kier alpha value is -2.62. The van der Waals surface area contributed by atoms with Crippen LogP contribution in [0.15, 0.2) is 45.6 Å². The summed E-state index contributed by atoms with van der Waals surface area (Å²) in [5.74, 6) is 1.20. The lowest BCUT2D eigenvalue weighted by Gasteiger charge is -2.22. The molecule has 2 aromatic rings. The average molecular weight is 384 g/mol. The number of hydrogen-bond acceptors (Lipinski definition) is 8. The van der Waals surface area contributed by atoms with Crippen molar-refractivity contribution in [3.63, 3.8) is 0 Å². The maximum atomic E-state index is 9.09. The zero-order valence-electron chi connectivity index (χ0n) is 15.1.